The second kappa shape index (κ2) is 6.56. The molecule has 106 valence electrons. The molecule has 1 saturated carbocycles. The van der Waals surface area contributed by atoms with Crippen molar-refractivity contribution in [1.29, 1.82) is 0 Å². The number of benzene rings is 1. The lowest BCUT2D eigenvalue weighted by molar-refractivity contribution is 0.370. The second-order valence-electron chi connectivity index (χ2n) is 6.82. The summed E-state index contributed by atoms with van der Waals surface area (Å²) >= 11 is 0. The average Bonchev–Trinajstić information content (AvgIpc) is 2.69. The van der Waals surface area contributed by atoms with Crippen molar-refractivity contribution in [2.45, 2.75) is 59.5 Å². The first-order valence-corrected chi connectivity index (χ1v) is 7.87. The van der Waals surface area contributed by atoms with Crippen LogP contribution in [-0.4, -0.2) is 6.04 Å². The van der Waals surface area contributed by atoms with Gasteiger partial charge in [-0.05, 0) is 48.1 Å². The van der Waals surface area contributed by atoms with E-state index >= 15 is 0 Å². The van der Waals surface area contributed by atoms with Gasteiger partial charge in [-0.15, -0.1) is 0 Å². The fraction of sp³-hybridized carbons (Fsp3) is 0.667. The van der Waals surface area contributed by atoms with E-state index in [2.05, 4.69) is 57.3 Å². The monoisotopic (exact) mass is 259 g/mol. The zero-order valence-corrected chi connectivity index (χ0v) is 12.9. The van der Waals surface area contributed by atoms with Crippen molar-refractivity contribution in [3.63, 3.8) is 0 Å². The molecular formula is C18H29N. The highest BCUT2D eigenvalue weighted by Gasteiger charge is 2.28. The van der Waals surface area contributed by atoms with Gasteiger partial charge in [-0.25, -0.2) is 0 Å². The van der Waals surface area contributed by atoms with E-state index in [0.717, 1.165) is 24.3 Å². The lowest BCUT2D eigenvalue weighted by atomic mass is 9.97. The van der Waals surface area contributed by atoms with Gasteiger partial charge < -0.3 is 5.32 Å². The smallest absolute Gasteiger partial charge is 0.0208 e. The zero-order chi connectivity index (χ0) is 13.8. The van der Waals surface area contributed by atoms with Crippen molar-refractivity contribution in [3.05, 3.63) is 35.4 Å². The molecule has 1 heteroatoms. The highest BCUT2D eigenvalue weighted by Crippen LogP contribution is 2.31. The molecule has 1 aromatic carbocycles. The summed E-state index contributed by atoms with van der Waals surface area (Å²) in [6.07, 6.45) is 3.91. The van der Waals surface area contributed by atoms with Crippen LogP contribution in [-0.2, 0) is 13.0 Å². The van der Waals surface area contributed by atoms with Crippen LogP contribution in [0.3, 0.4) is 0 Å². The molecule has 0 aromatic heterocycles. The number of hydrogen-bond donors (Lipinski definition) is 1. The molecular weight excluding hydrogens is 230 g/mol. The van der Waals surface area contributed by atoms with Crippen molar-refractivity contribution in [1.82, 2.24) is 5.32 Å². The SMILES string of the molecule is CC(C)Cc1ccc(CNC2CCC(C)C2C)cc1. The average molecular weight is 259 g/mol. The highest BCUT2D eigenvalue weighted by molar-refractivity contribution is 5.22. The van der Waals surface area contributed by atoms with E-state index in [1.54, 1.807) is 0 Å². The van der Waals surface area contributed by atoms with E-state index in [9.17, 15) is 0 Å². The van der Waals surface area contributed by atoms with Crippen LogP contribution in [0.1, 0.15) is 51.7 Å². The number of hydrogen-bond acceptors (Lipinski definition) is 1. The Balaban J connectivity index is 1.83. The second-order valence-corrected chi connectivity index (χ2v) is 6.82. The Kier molecular flexibility index (Phi) is 5.04. The molecule has 19 heavy (non-hydrogen) atoms. The molecule has 0 spiro atoms. The zero-order valence-electron chi connectivity index (χ0n) is 12.9. The van der Waals surface area contributed by atoms with Crippen LogP contribution in [0.15, 0.2) is 24.3 Å². The topological polar surface area (TPSA) is 12.0 Å². The summed E-state index contributed by atoms with van der Waals surface area (Å²) in [6.45, 7) is 10.3. The molecule has 0 aliphatic heterocycles. The van der Waals surface area contributed by atoms with E-state index in [-0.39, 0.29) is 0 Å². The van der Waals surface area contributed by atoms with Crippen LogP contribution in [0.4, 0.5) is 0 Å². The van der Waals surface area contributed by atoms with E-state index in [1.807, 2.05) is 0 Å². The first kappa shape index (κ1) is 14.6. The predicted octanol–water partition coefficient (Wildman–Crippen LogP) is 4.41. The van der Waals surface area contributed by atoms with E-state index in [4.69, 9.17) is 0 Å². The minimum absolute atomic E-state index is 0.713. The molecule has 1 aliphatic carbocycles. The van der Waals surface area contributed by atoms with Gasteiger partial charge in [0.15, 0.2) is 0 Å². The normalized spacial score (nSPS) is 27.1. The lowest BCUT2D eigenvalue weighted by Gasteiger charge is -2.19. The van der Waals surface area contributed by atoms with Gasteiger partial charge >= 0.3 is 0 Å². The summed E-state index contributed by atoms with van der Waals surface area (Å²) in [5, 5.41) is 3.74. The third kappa shape index (κ3) is 4.07. The molecule has 2 rings (SSSR count). The predicted molar refractivity (Wildman–Crippen MR) is 83.2 cm³/mol. The Morgan fingerprint density at radius 1 is 1.05 bits per heavy atom. The van der Waals surface area contributed by atoms with Crippen LogP contribution in [0.5, 0.6) is 0 Å². The molecule has 1 nitrogen and oxygen atoms in total. The van der Waals surface area contributed by atoms with Crippen LogP contribution >= 0.6 is 0 Å². The van der Waals surface area contributed by atoms with Gasteiger partial charge in [0.25, 0.3) is 0 Å². The molecule has 1 aliphatic rings. The molecule has 0 saturated heterocycles. The minimum atomic E-state index is 0.713. The molecule has 3 unspecified atom stereocenters. The number of nitrogens with one attached hydrogen (secondary N) is 1. The Bertz CT molecular complexity index is 379. The third-order valence-electron chi connectivity index (χ3n) is 4.70. The maximum Gasteiger partial charge on any atom is 0.0208 e. The maximum absolute atomic E-state index is 3.74. The summed E-state index contributed by atoms with van der Waals surface area (Å²) < 4.78 is 0. The van der Waals surface area contributed by atoms with Crippen LogP contribution in [0.2, 0.25) is 0 Å². The maximum atomic E-state index is 3.74. The van der Waals surface area contributed by atoms with E-state index in [0.29, 0.717) is 6.04 Å². The fourth-order valence-corrected chi connectivity index (χ4v) is 3.17. The molecule has 0 heterocycles. The van der Waals surface area contributed by atoms with Crippen molar-refractivity contribution >= 4 is 0 Å². The highest BCUT2D eigenvalue weighted by atomic mass is 14.9. The quantitative estimate of drug-likeness (QED) is 0.826. The van der Waals surface area contributed by atoms with Crippen molar-refractivity contribution in [2.24, 2.45) is 17.8 Å². The van der Waals surface area contributed by atoms with Gasteiger partial charge in [0, 0.05) is 12.6 Å². The first-order valence-electron chi connectivity index (χ1n) is 7.87. The summed E-state index contributed by atoms with van der Waals surface area (Å²) in [7, 11) is 0. The van der Waals surface area contributed by atoms with Crippen LogP contribution in [0.25, 0.3) is 0 Å². The summed E-state index contributed by atoms with van der Waals surface area (Å²) in [4.78, 5) is 0. The van der Waals surface area contributed by atoms with Gasteiger partial charge in [0.05, 0.1) is 0 Å². The Labute approximate surface area is 118 Å². The first-order chi connectivity index (χ1) is 9.06. The van der Waals surface area contributed by atoms with Crippen LogP contribution in [0, 0.1) is 17.8 Å². The van der Waals surface area contributed by atoms with Gasteiger partial charge in [-0.1, -0.05) is 52.0 Å². The summed E-state index contributed by atoms with van der Waals surface area (Å²) in [6, 6.07) is 9.86. The Hall–Kier alpha value is -0.820. The van der Waals surface area contributed by atoms with E-state index in [1.165, 1.54) is 30.4 Å². The standard InChI is InChI=1S/C18H29N/c1-13(2)11-16-6-8-17(9-7-16)12-19-18-10-5-14(3)15(18)4/h6-9,13-15,18-19H,5,10-12H2,1-4H3. The van der Waals surface area contributed by atoms with E-state index < -0.39 is 0 Å². The Morgan fingerprint density at radius 3 is 2.21 bits per heavy atom. The van der Waals surface area contributed by atoms with Crippen molar-refractivity contribution < 1.29 is 0 Å². The van der Waals surface area contributed by atoms with Gasteiger partial charge in [0.2, 0.25) is 0 Å². The third-order valence-corrected chi connectivity index (χ3v) is 4.70. The molecule has 3 atom stereocenters. The van der Waals surface area contributed by atoms with Crippen LogP contribution < -0.4 is 5.32 Å². The summed E-state index contributed by atoms with van der Waals surface area (Å²) in [5.74, 6) is 2.44. The Morgan fingerprint density at radius 2 is 1.68 bits per heavy atom. The van der Waals surface area contributed by atoms with Crippen molar-refractivity contribution in [3.8, 4) is 0 Å². The molecule has 1 N–H and O–H groups in total. The fourth-order valence-electron chi connectivity index (χ4n) is 3.17. The molecule has 1 fully saturated rings. The van der Waals surface area contributed by atoms with Gasteiger partial charge in [-0.3, -0.25) is 0 Å². The molecule has 0 radical (unpaired) electrons. The minimum Gasteiger partial charge on any atom is -0.310 e. The molecule has 0 bridgehead atoms. The molecule has 0 amide bonds. The van der Waals surface area contributed by atoms with Crippen molar-refractivity contribution in [2.75, 3.05) is 0 Å². The largest absolute Gasteiger partial charge is 0.310 e. The molecule has 1 aromatic rings. The summed E-state index contributed by atoms with van der Waals surface area (Å²) in [5.41, 5.74) is 2.88. The number of rotatable bonds is 5. The van der Waals surface area contributed by atoms with Gasteiger partial charge in [0.1, 0.15) is 0 Å². The lowest BCUT2D eigenvalue weighted by Crippen LogP contribution is -2.31. The van der Waals surface area contributed by atoms with Gasteiger partial charge in [-0.2, -0.15) is 0 Å².